The molecule has 2 rings (SSSR count). The van der Waals surface area contributed by atoms with Crippen molar-refractivity contribution in [2.24, 2.45) is 0 Å². The van der Waals surface area contributed by atoms with Crippen LogP contribution in [-0.4, -0.2) is 41.2 Å². The van der Waals surface area contributed by atoms with Crippen LogP contribution in [-0.2, 0) is 4.43 Å². The lowest BCUT2D eigenvalue weighted by Crippen LogP contribution is -2.41. The highest BCUT2D eigenvalue weighted by molar-refractivity contribution is 9.10. The van der Waals surface area contributed by atoms with Gasteiger partial charge in [-0.2, -0.15) is 0 Å². The molecule has 0 aliphatic rings. The normalized spacial score (nSPS) is 12.2. The summed E-state index contributed by atoms with van der Waals surface area (Å²) in [4.78, 5) is 15.2. The van der Waals surface area contributed by atoms with E-state index in [1.54, 1.807) is 18.3 Å². The number of nitro groups is 1. The van der Waals surface area contributed by atoms with E-state index in [9.17, 15) is 10.1 Å². The minimum Gasteiger partial charge on any atom is -0.472 e. The Morgan fingerprint density at radius 2 is 2.00 bits per heavy atom. The third-order valence-corrected chi connectivity index (χ3v) is 10.2. The number of ether oxygens (including phenoxy) is 1. The molecule has 0 aliphatic carbocycles. The zero-order chi connectivity index (χ0) is 21.1. The number of hydrogen-bond donors (Lipinski definition) is 0. The largest absolute Gasteiger partial charge is 0.472 e. The topological polar surface area (TPSA) is 92.3 Å². The summed E-state index contributed by atoms with van der Waals surface area (Å²) in [6.07, 6.45) is 2.28. The number of halogens is 1. The van der Waals surface area contributed by atoms with Crippen molar-refractivity contribution in [2.75, 3.05) is 13.2 Å². The molecule has 154 valence electrons. The van der Waals surface area contributed by atoms with Crippen LogP contribution in [0.1, 0.15) is 32.9 Å². The van der Waals surface area contributed by atoms with Gasteiger partial charge in [0, 0.05) is 19.2 Å². The van der Waals surface area contributed by atoms with Crippen LogP contribution in [0.2, 0.25) is 18.1 Å². The fraction of sp³-hybridized carbons (Fsp3) is 0.556. The molecule has 0 saturated carbocycles. The van der Waals surface area contributed by atoms with Crippen molar-refractivity contribution in [1.29, 1.82) is 0 Å². The van der Waals surface area contributed by atoms with Crippen LogP contribution in [0.3, 0.4) is 0 Å². The predicted molar refractivity (Wildman–Crippen MR) is 114 cm³/mol. The van der Waals surface area contributed by atoms with Crippen LogP contribution in [0.25, 0.3) is 5.69 Å². The first-order valence-corrected chi connectivity index (χ1v) is 12.8. The van der Waals surface area contributed by atoms with E-state index < -0.39 is 13.2 Å². The molecule has 2 aromatic heterocycles. The minimum absolute atomic E-state index is 0.0209. The molecule has 0 spiro atoms. The average molecular weight is 471 g/mol. The van der Waals surface area contributed by atoms with E-state index in [0.717, 1.165) is 0 Å². The van der Waals surface area contributed by atoms with E-state index in [1.165, 1.54) is 4.68 Å². The molecule has 8 nitrogen and oxygen atoms in total. The Kier molecular flexibility index (Phi) is 7.00. The first kappa shape index (κ1) is 22.5. The second kappa shape index (κ2) is 8.71. The van der Waals surface area contributed by atoms with Gasteiger partial charge in [0.1, 0.15) is 0 Å². The van der Waals surface area contributed by atoms with Gasteiger partial charge < -0.3 is 9.16 Å². The molecule has 10 heteroatoms. The zero-order valence-corrected chi connectivity index (χ0v) is 19.7. The fourth-order valence-corrected chi connectivity index (χ4v) is 3.92. The Hall–Kier alpha value is -1.78. The second-order valence-corrected chi connectivity index (χ2v) is 13.6. The summed E-state index contributed by atoms with van der Waals surface area (Å²) in [5, 5.41) is 15.9. The summed E-state index contributed by atoms with van der Waals surface area (Å²) in [5.74, 6) is -0.0209. The van der Waals surface area contributed by atoms with Crippen LogP contribution < -0.4 is 4.74 Å². The molecule has 0 bridgehead atoms. The highest BCUT2D eigenvalue weighted by atomic mass is 79.9. The first-order chi connectivity index (χ1) is 13.0. The van der Waals surface area contributed by atoms with Crippen molar-refractivity contribution in [1.82, 2.24) is 14.8 Å². The smallest absolute Gasteiger partial charge is 0.364 e. The monoisotopic (exact) mass is 470 g/mol. The van der Waals surface area contributed by atoms with Gasteiger partial charge in [0.2, 0.25) is 0 Å². The van der Waals surface area contributed by atoms with Gasteiger partial charge >= 0.3 is 11.6 Å². The number of pyridine rings is 1. The number of hydrogen-bond acceptors (Lipinski definition) is 6. The lowest BCUT2D eigenvalue weighted by atomic mass is 10.2. The van der Waals surface area contributed by atoms with Gasteiger partial charge in [-0.25, -0.2) is 4.68 Å². The summed E-state index contributed by atoms with van der Waals surface area (Å²) in [5.41, 5.74) is 1.15. The van der Waals surface area contributed by atoms with Crippen molar-refractivity contribution in [3.63, 3.8) is 0 Å². The zero-order valence-electron chi connectivity index (χ0n) is 17.2. The average Bonchev–Trinajstić information content (AvgIpc) is 2.90. The molecule has 0 N–H and O–H groups in total. The van der Waals surface area contributed by atoms with Crippen LogP contribution in [0.15, 0.2) is 22.9 Å². The van der Waals surface area contributed by atoms with Crippen molar-refractivity contribution in [2.45, 2.75) is 52.2 Å². The lowest BCUT2D eigenvalue weighted by molar-refractivity contribution is -0.386. The molecule has 0 aromatic carbocycles. The molecule has 28 heavy (non-hydrogen) atoms. The van der Waals surface area contributed by atoms with E-state index in [2.05, 4.69) is 59.9 Å². The highest BCUT2D eigenvalue weighted by Gasteiger charge is 2.37. The van der Waals surface area contributed by atoms with Gasteiger partial charge in [-0.05, 0) is 53.1 Å². The maximum atomic E-state index is 11.5. The molecule has 0 atom stereocenters. The molecule has 0 radical (unpaired) electrons. The summed E-state index contributed by atoms with van der Waals surface area (Å²) < 4.78 is 13.4. The molecule has 0 unspecified atom stereocenters. The van der Waals surface area contributed by atoms with Gasteiger partial charge in [0.05, 0.1) is 22.9 Å². The SMILES string of the molecule is Cc1ncccc1-n1nc(OCCCO[Si](C)(C)C(C)(C)C)c([N+](=O)[O-])c1Br. The maximum Gasteiger partial charge on any atom is 0.364 e. The lowest BCUT2D eigenvalue weighted by Gasteiger charge is -2.36. The number of nitrogens with zero attached hydrogens (tertiary/aromatic N) is 4. The highest BCUT2D eigenvalue weighted by Crippen LogP contribution is 2.37. The Morgan fingerprint density at radius 3 is 2.57 bits per heavy atom. The minimum atomic E-state index is -1.82. The van der Waals surface area contributed by atoms with E-state index in [1.807, 2.05) is 6.92 Å². The van der Waals surface area contributed by atoms with Crippen LogP contribution >= 0.6 is 15.9 Å². The van der Waals surface area contributed by atoms with Crippen LogP contribution in [0.5, 0.6) is 5.88 Å². The van der Waals surface area contributed by atoms with E-state index in [-0.39, 0.29) is 27.8 Å². The molecule has 0 amide bonds. The number of rotatable bonds is 8. The summed E-state index contributed by atoms with van der Waals surface area (Å²) in [6, 6.07) is 3.54. The van der Waals surface area contributed by atoms with E-state index in [0.29, 0.717) is 24.4 Å². The van der Waals surface area contributed by atoms with Gasteiger partial charge in [-0.15, -0.1) is 5.10 Å². The summed E-state index contributed by atoms with van der Waals surface area (Å²) in [7, 11) is -1.82. The van der Waals surface area contributed by atoms with Crippen molar-refractivity contribution >= 4 is 29.9 Å². The van der Waals surface area contributed by atoms with Gasteiger partial charge in [-0.1, -0.05) is 20.8 Å². The Bertz CT molecular complexity index is 849. The molecule has 0 fully saturated rings. The first-order valence-electron chi connectivity index (χ1n) is 9.07. The molecule has 0 aliphatic heterocycles. The van der Waals surface area contributed by atoms with Crippen molar-refractivity contribution in [3.8, 4) is 11.6 Å². The summed E-state index contributed by atoms with van der Waals surface area (Å²) >= 11 is 3.28. The van der Waals surface area contributed by atoms with Gasteiger partial charge in [-0.3, -0.25) is 15.1 Å². The Morgan fingerprint density at radius 1 is 1.32 bits per heavy atom. The number of aromatic nitrogens is 3. The molecular formula is C18H27BrN4O4Si. The molecule has 2 heterocycles. The Balaban J connectivity index is 2.09. The quantitative estimate of drug-likeness (QED) is 0.232. The maximum absolute atomic E-state index is 11.5. The van der Waals surface area contributed by atoms with Crippen LogP contribution in [0.4, 0.5) is 5.69 Å². The third kappa shape index (κ3) is 4.98. The standard InChI is InChI=1S/C18H27BrN4O4Si/c1-13-14(9-7-10-20-13)22-16(19)15(23(24)25)17(21-22)26-11-8-12-27-28(5,6)18(2,3)4/h7,9-10H,8,11-12H2,1-6H3. The van der Waals surface area contributed by atoms with E-state index >= 15 is 0 Å². The van der Waals surface area contributed by atoms with Gasteiger partial charge in [0.15, 0.2) is 12.9 Å². The molecule has 2 aromatic rings. The second-order valence-electron chi connectivity index (χ2n) is 8.03. The molecule has 0 saturated heterocycles. The van der Waals surface area contributed by atoms with Crippen molar-refractivity contribution in [3.05, 3.63) is 38.7 Å². The van der Waals surface area contributed by atoms with Crippen LogP contribution in [0, 0.1) is 17.0 Å². The van der Waals surface area contributed by atoms with Crippen molar-refractivity contribution < 1.29 is 14.1 Å². The van der Waals surface area contributed by atoms with E-state index in [4.69, 9.17) is 9.16 Å². The summed E-state index contributed by atoms with van der Waals surface area (Å²) in [6.45, 7) is 13.6. The predicted octanol–water partition coefficient (Wildman–Crippen LogP) is 5.04. The van der Waals surface area contributed by atoms with Gasteiger partial charge in [0.25, 0.3) is 0 Å². The number of aryl methyl sites for hydroxylation is 1. The fourth-order valence-electron chi connectivity index (χ4n) is 2.25. The molecular weight excluding hydrogens is 444 g/mol. The Labute approximate surface area is 174 Å². The third-order valence-electron chi connectivity index (χ3n) is 4.96.